The van der Waals surface area contributed by atoms with E-state index in [1.54, 1.807) is 13.2 Å². The third-order valence-corrected chi connectivity index (χ3v) is 4.14. The molecule has 1 unspecified atom stereocenters. The third kappa shape index (κ3) is 3.70. The molecule has 0 radical (unpaired) electrons. The Morgan fingerprint density at radius 3 is 2.57 bits per heavy atom. The van der Waals surface area contributed by atoms with Crippen LogP contribution in [-0.4, -0.2) is 23.0 Å². The zero-order valence-electron chi connectivity index (χ0n) is 12.9. The number of Topliss-reactive ketones (excluding diaryl/α,β-unsaturated/α-hetero) is 1. The van der Waals surface area contributed by atoms with Crippen LogP contribution in [0.15, 0.2) is 22.8 Å². The zero-order valence-corrected chi connectivity index (χ0v) is 13.8. The standard InChI is InChI=1S/C16H23NO3S/c1-9(21)13(18)14(16(2,3)4)17-15(19)11-8-10(11)12-6-5-7-20-12/h5-7,9-11,14,21H,8H2,1-4H3,(H,17,19)/t9-,10?,11+,14+/m0/s1. The lowest BCUT2D eigenvalue weighted by atomic mass is 9.83. The SMILES string of the molecule is C[C@H](S)C(=O)[C@@H](NC(=O)[C@@H]1CC1c1ccco1)C(C)(C)C. The van der Waals surface area contributed by atoms with E-state index < -0.39 is 11.3 Å². The summed E-state index contributed by atoms with van der Waals surface area (Å²) >= 11 is 4.20. The molecule has 1 amide bonds. The summed E-state index contributed by atoms with van der Waals surface area (Å²) in [6, 6.07) is 3.20. The summed E-state index contributed by atoms with van der Waals surface area (Å²) in [4.78, 5) is 24.6. The largest absolute Gasteiger partial charge is 0.469 e. The summed E-state index contributed by atoms with van der Waals surface area (Å²) < 4.78 is 5.34. The van der Waals surface area contributed by atoms with Gasteiger partial charge in [-0.2, -0.15) is 12.6 Å². The molecule has 0 aliphatic heterocycles. The number of hydrogen-bond acceptors (Lipinski definition) is 4. The lowest BCUT2D eigenvalue weighted by Gasteiger charge is -2.31. The van der Waals surface area contributed by atoms with Gasteiger partial charge in [0.05, 0.1) is 17.6 Å². The van der Waals surface area contributed by atoms with Crippen LogP contribution in [0, 0.1) is 11.3 Å². The van der Waals surface area contributed by atoms with E-state index in [-0.39, 0.29) is 28.9 Å². The molecule has 1 aromatic rings. The minimum absolute atomic E-state index is 0.0469. The molecular weight excluding hydrogens is 286 g/mol. The second-order valence-electron chi connectivity index (χ2n) is 6.85. The summed E-state index contributed by atoms with van der Waals surface area (Å²) in [5, 5.41) is 2.52. The average molecular weight is 309 g/mol. The van der Waals surface area contributed by atoms with Gasteiger partial charge < -0.3 is 9.73 Å². The first-order valence-electron chi connectivity index (χ1n) is 7.27. The van der Waals surface area contributed by atoms with Crippen LogP contribution in [0.1, 0.15) is 45.8 Å². The first kappa shape index (κ1) is 16.1. The van der Waals surface area contributed by atoms with Gasteiger partial charge in [0.25, 0.3) is 0 Å². The van der Waals surface area contributed by atoms with Crippen LogP contribution in [0.2, 0.25) is 0 Å². The molecule has 1 fully saturated rings. The fourth-order valence-corrected chi connectivity index (χ4v) is 2.66. The molecule has 0 aromatic carbocycles. The Bertz CT molecular complexity index is 516. The van der Waals surface area contributed by atoms with Gasteiger partial charge in [-0.15, -0.1) is 0 Å². The van der Waals surface area contributed by atoms with Crippen molar-refractivity contribution in [2.24, 2.45) is 11.3 Å². The maximum Gasteiger partial charge on any atom is 0.224 e. The Morgan fingerprint density at radius 2 is 2.10 bits per heavy atom. The zero-order chi connectivity index (χ0) is 15.8. The highest BCUT2D eigenvalue weighted by molar-refractivity contribution is 7.81. The van der Waals surface area contributed by atoms with Crippen molar-refractivity contribution in [1.82, 2.24) is 5.32 Å². The molecule has 21 heavy (non-hydrogen) atoms. The normalized spacial score (nSPS) is 24.2. The smallest absolute Gasteiger partial charge is 0.224 e. The molecule has 1 saturated carbocycles. The molecule has 0 spiro atoms. The van der Waals surface area contributed by atoms with Crippen molar-refractivity contribution < 1.29 is 14.0 Å². The molecule has 1 aliphatic rings. The molecule has 5 heteroatoms. The Morgan fingerprint density at radius 1 is 1.43 bits per heavy atom. The van der Waals surface area contributed by atoms with Gasteiger partial charge in [0.1, 0.15) is 5.76 Å². The predicted molar refractivity (Wildman–Crippen MR) is 84.4 cm³/mol. The molecule has 1 aromatic heterocycles. The van der Waals surface area contributed by atoms with Crippen molar-refractivity contribution >= 4 is 24.3 Å². The highest BCUT2D eigenvalue weighted by Crippen LogP contribution is 2.47. The van der Waals surface area contributed by atoms with E-state index in [4.69, 9.17) is 4.42 Å². The van der Waals surface area contributed by atoms with Crippen molar-refractivity contribution in [2.75, 3.05) is 0 Å². The molecule has 116 valence electrons. The van der Waals surface area contributed by atoms with Crippen LogP contribution in [0.5, 0.6) is 0 Å². The van der Waals surface area contributed by atoms with Crippen LogP contribution < -0.4 is 5.32 Å². The Balaban J connectivity index is 2.01. The summed E-state index contributed by atoms with van der Waals surface area (Å²) in [6.07, 6.45) is 2.40. The fraction of sp³-hybridized carbons (Fsp3) is 0.625. The molecular formula is C16H23NO3S. The summed E-state index contributed by atoms with van der Waals surface area (Å²) in [6.45, 7) is 7.58. The number of furan rings is 1. The lowest BCUT2D eigenvalue weighted by Crippen LogP contribution is -2.51. The van der Waals surface area contributed by atoms with E-state index >= 15 is 0 Å². The summed E-state index contributed by atoms with van der Waals surface area (Å²) in [5.74, 6) is 0.776. The molecule has 2 rings (SSSR count). The highest BCUT2D eigenvalue weighted by Gasteiger charge is 2.47. The van der Waals surface area contributed by atoms with E-state index in [2.05, 4.69) is 17.9 Å². The fourth-order valence-electron chi connectivity index (χ4n) is 2.51. The van der Waals surface area contributed by atoms with Gasteiger partial charge in [-0.1, -0.05) is 20.8 Å². The van der Waals surface area contributed by atoms with Crippen LogP contribution in [0.4, 0.5) is 0 Å². The Labute approximate surface area is 131 Å². The highest BCUT2D eigenvalue weighted by atomic mass is 32.1. The quantitative estimate of drug-likeness (QED) is 0.822. The van der Waals surface area contributed by atoms with Gasteiger partial charge in [-0.25, -0.2) is 0 Å². The summed E-state index contributed by atoms with van der Waals surface area (Å²) in [5.41, 5.74) is -0.335. The number of rotatable bonds is 5. The number of thiol groups is 1. The van der Waals surface area contributed by atoms with Crippen molar-refractivity contribution in [3.05, 3.63) is 24.2 Å². The first-order valence-corrected chi connectivity index (χ1v) is 7.79. The number of hydrogen-bond donors (Lipinski definition) is 2. The van der Waals surface area contributed by atoms with E-state index in [1.807, 2.05) is 32.9 Å². The number of carbonyl (C=O) groups excluding carboxylic acids is 2. The molecule has 1 N–H and O–H groups in total. The van der Waals surface area contributed by atoms with Crippen LogP contribution in [0.25, 0.3) is 0 Å². The van der Waals surface area contributed by atoms with Gasteiger partial charge in [0.15, 0.2) is 5.78 Å². The van der Waals surface area contributed by atoms with Crippen LogP contribution >= 0.6 is 12.6 Å². The van der Waals surface area contributed by atoms with Crippen molar-refractivity contribution in [1.29, 1.82) is 0 Å². The van der Waals surface area contributed by atoms with E-state index in [0.29, 0.717) is 0 Å². The topological polar surface area (TPSA) is 59.3 Å². The van der Waals surface area contributed by atoms with Gasteiger partial charge in [0, 0.05) is 11.8 Å². The van der Waals surface area contributed by atoms with Crippen LogP contribution in [0.3, 0.4) is 0 Å². The second-order valence-corrected chi connectivity index (χ2v) is 7.62. The molecule has 1 heterocycles. The first-order chi connectivity index (χ1) is 9.71. The monoisotopic (exact) mass is 309 g/mol. The van der Waals surface area contributed by atoms with Gasteiger partial charge in [-0.3, -0.25) is 9.59 Å². The number of amides is 1. The van der Waals surface area contributed by atoms with Crippen molar-refractivity contribution in [2.45, 2.75) is 51.3 Å². The van der Waals surface area contributed by atoms with Crippen molar-refractivity contribution in [3.63, 3.8) is 0 Å². The number of carbonyl (C=O) groups is 2. The third-order valence-electron chi connectivity index (χ3n) is 3.88. The van der Waals surface area contributed by atoms with Gasteiger partial charge in [0.2, 0.25) is 5.91 Å². The lowest BCUT2D eigenvalue weighted by molar-refractivity contribution is -0.130. The molecule has 4 atom stereocenters. The van der Waals surface area contributed by atoms with E-state index in [9.17, 15) is 9.59 Å². The molecule has 4 nitrogen and oxygen atoms in total. The maximum atomic E-state index is 12.4. The van der Waals surface area contributed by atoms with Gasteiger partial charge >= 0.3 is 0 Å². The van der Waals surface area contributed by atoms with Crippen LogP contribution in [-0.2, 0) is 9.59 Å². The molecule has 1 aliphatic carbocycles. The average Bonchev–Trinajstić information content (AvgIpc) is 2.99. The second kappa shape index (κ2) is 5.87. The predicted octanol–water partition coefficient (Wildman–Crippen LogP) is 2.80. The summed E-state index contributed by atoms with van der Waals surface area (Å²) in [7, 11) is 0. The Hall–Kier alpha value is -1.23. The van der Waals surface area contributed by atoms with E-state index in [1.165, 1.54) is 0 Å². The van der Waals surface area contributed by atoms with Crippen molar-refractivity contribution in [3.8, 4) is 0 Å². The van der Waals surface area contributed by atoms with E-state index in [0.717, 1.165) is 12.2 Å². The molecule has 0 bridgehead atoms. The van der Waals surface area contributed by atoms with Gasteiger partial charge in [-0.05, 0) is 30.9 Å². The number of nitrogens with one attached hydrogen (secondary N) is 1. The number of ketones is 1. The minimum Gasteiger partial charge on any atom is -0.469 e. The Kier molecular flexibility index (Phi) is 4.51. The molecule has 0 saturated heterocycles. The minimum atomic E-state index is -0.518. The maximum absolute atomic E-state index is 12.4.